The molecule has 0 spiro atoms. The monoisotopic (exact) mass is 275 g/mol. The highest BCUT2D eigenvalue weighted by Gasteiger charge is 2.21. The van der Waals surface area contributed by atoms with Gasteiger partial charge in [-0.1, -0.05) is 0 Å². The number of hydrogen-bond acceptors (Lipinski definition) is 4. The van der Waals surface area contributed by atoms with E-state index in [1.165, 1.54) is 12.8 Å². The first kappa shape index (κ1) is 13.2. The molecule has 1 saturated carbocycles. The Morgan fingerprint density at radius 3 is 3.00 bits per heavy atom. The number of nitrogens with one attached hydrogen (secondary N) is 1. The minimum Gasteiger partial charge on any atom is -0.378 e. The van der Waals surface area contributed by atoms with Crippen LogP contribution in [0.3, 0.4) is 0 Å². The number of morpholine rings is 1. The summed E-state index contributed by atoms with van der Waals surface area (Å²) in [5.41, 5.74) is 6.97. The predicted molar refractivity (Wildman–Crippen MR) is 78.8 cm³/mol. The first-order valence-corrected chi connectivity index (χ1v) is 7.15. The van der Waals surface area contributed by atoms with Crippen LogP contribution in [0.5, 0.6) is 0 Å². The van der Waals surface area contributed by atoms with Crippen LogP contribution in [0.1, 0.15) is 18.4 Å². The number of nitrogens with zero attached hydrogens (tertiary/aromatic N) is 3. The van der Waals surface area contributed by atoms with Gasteiger partial charge >= 0.3 is 0 Å². The third kappa shape index (κ3) is 3.60. The predicted octanol–water partition coefficient (Wildman–Crippen LogP) is 0.485. The van der Waals surface area contributed by atoms with Crippen molar-refractivity contribution in [1.82, 2.24) is 10.3 Å². The normalized spacial score (nSPS) is 20.0. The summed E-state index contributed by atoms with van der Waals surface area (Å²) < 4.78 is 5.36. The maximum Gasteiger partial charge on any atom is 0.189 e. The fourth-order valence-corrected chi connectivity index (χ4v) is 2.18. The third-order valence-corrected chi connectivity index (χ3v) is 3.51. The number of pyridine rings is 1. The Balaban J connectivity index is 1.61. The molecule has 6 nitrogen and oxygen atoms in total. The average Bonchev–Trinajstić information content (AvgIpc) is 3.30. The number of aliphatic imine (C=N–C) groups is 1. The molecule has 0 atom stereocenters. The average molecular weight is 275 g/mol. The number of anilines is 1. The molecule has 0 radical (unpaired) electrons. The van der Waals surface area contributed by atoms with Gasteiger partial charge < -0.3 is 20.7 Å². The van der Waals surface area contributed by atoms with Crippen LogP contribution < -0.4 is 16.0 Å². The highest BCUT2D eigenvalue weighted by molar-refractivity contribution is 5.78. The lowest BCUT2D eigenvalue weighted by Gasteiger charge is -2.27. The fourth-order valence-electron chi connectivity index (χ4n) is 2.18. The lowest BCUT2D eigenvalue weighted by Crippen LogP contribution is -2.36. The summed E-state index contributed by atoms with van der Waals surface area (Å²) in [6.07, 6.45) is 4.24. The van der Waals surface area contributed by atoms with Gasteiger partial charge in [-0.05, 0) is 30.5 Å². The van der Waals surface area contributed by atoms with E-state index >= 15 is 0 Å². The summed E-state index contributed by atoms with van der Waals surface area (Å²) in [4.78, 5) is 11.0. The minimum atomic E-state index is 0.539. The molecule has 2 fully saturated rings. The molecule has 20 heavy (non-hydrogen) atoms. The van der Waals surface area contributed by atoms with Crippen LogP contribution in [0.15, 0.2) is 23.3 Å². The van der Waals surface area contributed by atoms with Gasteiger partial charge in [-0.25, -0.2) is 9.98 Å². The molecule has 1 aromatic heterocycles. The van der Waals surface area contributed by atoms with Crippen molar-refractivity contribution >= 4 is 11.8 Å². The van der Waals surface area contributed by atoms with Crippen LogP contribution in [0.4, 0.5) is 5.82 Å². The molecule has 1 aliphatic carbocycles. The van der Waals surface area contributed by atoms with Crippen molar-refractivity contribution < 1.29 is 4.74 Å². The van der Waals surface area contributed by atoms with E-state index in [1.54, 1.807) is 0 Å². The Bertz CT molecular complexity index is 480. The SMILES string of the molecule is NC(=NCc1ccnc(N2CCOCC2)c1)NC1CC1. The second-order valence-electron chi connectivity index (χ2n) is 5.24. The molecule has 3 N–H and O–H groups in total. The van der Waals surface area contributed by atoms with Gasteiger partial charge in [0.25, 0.3) is 0 Å². The molecule has 3 rings (SSSR count). The molecule has 2 aliphatic rings. The summed E-state index contributed by atoms with van der Waals surface area (Å²) in [6.45, 7) is 3.91. The summed E-state index contributed by atoms with van der Waals surface area (Å²) in [5, 5.41) is 3.19. The van der Waals surface area contributed by atoms with Crippen LogP contribution in [0, 0.1) is 0 Å². The molecular formula is C14H21N5O. The van der Waals surface area contributed by atoms with Crippen LogP contribution >= 0.6 is 0 Å². The van der Waals surface area contributed by atoms with E-state index < -0.39 is 0 Å². The second-order valence-corrected chi connectivity index (χ2v) is 5.24. The molecule has 2 heterocycles. The van der Waals surface area contributed by atoms with Crippen molar-refractivity contribution in [2.24, 2.45) is 10.7 Å². The highest BCUT2D eigenvalue weighted by Crippen LogP contribution is 2.18. The molecule has 6 heteroatoms. The second kappa shape index (κ2) is 6.09. The number of hydrogen-bond donors (Lipinski definition) is 2. The smallest absolute Gasteiger partial charge is 0.189 e. The van der Waals surface area contributed by atoms with Gasteiger partial charge in [0.15, 0.2) is 5.96 Å². The minimum absolute atomic E-state index is 0.539. The number of rotatable bonds is 4. The molecule has 1 aromatic rings. The van der Waals surface area contributed by atoms with Gasteiger partial charge in [-0.2, -0.15) is 0 Å². The van der Waals surface area contributed by atoms with Gasteiger partial charge in [0.2, 0.25) is 0 Å². The maximum absolute atomic E-state index is 5.84. The van der Waals surface area contributed by atoms with Gasteiger partial charge in [0.05, 0.1) is 19.8 Å². The summed E-state index contributed by atoms with van der Waals surface area (Å²) in [7, 11) is 0. The van der Waals surface area contributed by atoms with Crippen molar-refractivity contribution in [3.05, 3.63) is 23.9 Å². The van der Waals surface area contributed by atoms with E-state index in [-0.39, 0.29) is 0 Å². The van der Waals surface area contributed by atoms with Crippen LogP contribution in [0.2, 0.25) is 0 Å². The molecule has 0 unspecified atom stereocenters. The van der Waals surface area contributed by atoms with E-state index in [2.05, 4.69) is 26.3 Å². The Kier molecular flexibility index (Phi) is 4.01. The standard InChI is InChI=1S/C14H21N5O/c15-14(18-12-1-2-12)17-10-11-3-4-16-13(9-11)19-5-7-20-8-6-19/h3-4,9,12H,1-2,5-8,10H2,(H3,15,17,18). The molecule has 1 saturated heterocycles. The fraction of sp³-hybridized carbons (Fsp3) is 0.571. The number of aromatic nitrogens is 1. The van der Waals surface area contributed by atoms with Crippen molar-refractivity contribution in [2.45, 2.75) is 25.4 Å². The molecule has 108 valence electrons. The zero-order valence-electron chi connectivity index (χ0n) is 11.6. The maximum atomic E-state index is 5.84. The van der Waals surface area contributed by atoms with Gasteiger partial charge in [0.1, 0.15) is 5.82 Å². The Morgan fingerprint density at radius 1 is 1.45 bits per heavy atom. The summed E-state index contributed by atoms with van der Waals surface area (Å²) in [5.74, 6) is 1.53. The molecule has 0 aromatic carbocycles. The van der Waals surface area contributed by atoms with Crippen LogP contribution in [-0.4, -0.2) is 43.3 Å². The number of ether oxygens (including phenoxy) is 1. The van der Waals surface area contributed by atoms with Crippen LogP contribution in [-0.2, 0) is 11.3 Å². The van der Waals surface area contributed by atoms with Crippen molar-refractivity contribution in [3.63, 3.8) is 0 Å². The van der Waals surface area contributed by atoms with E-state index in [4.69, 9.17) is 10.5 Å². The lowest BCUT2D eigenvalue weighted by molar-refractivity contribution is 0.122. The zero-order chi connectivity index (χ0) is 13.8. The molecule has 1 aliphatic heterocycles. The number of guanidine groups is 1. The van der Waals surface area contributed by atoms with E-state index in [0.717, 1.165) is 37.7 Å². The Morgan fingerprint density at radius 2 is 2.25 bits per heavy atom. The van der Waals surface area contributed by atoms with Crippen molar-refractivity contribution in [2.75, 3.05) is 31.2 Å². The first-order valence-electron chi connectivity index (χ1n) is 7.15. The highest BCUT2D eigenvalue weighted by atomic mass is 16.5. The van der Waals surface area contributed by atoms with E-state index in [0.29, 0.717) is 18.5 Å². The summed E-state index contributed by atoms with van der Waals surface area (Å²) in [6, 6.07) is 4.61. The summed E-state index contributed by atoms with van der Waals surface area (Å²) >= 11 is 0. The largest absolute Gasteiger partial charge is 0.378 e. The van der Waals surface area contributed by atoms with Crippen LogP contribution in [0.25, 0.3) is 0 Å². The zero-order valence-corrected chi connectivity index (χ0v) is 11.6. The van der Waals surface area contributed by atoms with E-state index in [1.807, 2.05) is 12.3 Å². The molecule has 0 amide bonds. The Hall–Kier alpha value is -1.82. The van der Waals surface area contributed by atoms with Gasteiger partial charge in [0, 0.05) is 25.3 Å². The number of nitrogens with two attached hydrogens (primary N) is 1. The third-order valence-electron chi connectivity index (χ3n) is 3.51. The molecular weight excluding hydrogens is 254 g/mol. The topological polar surface area (TPSA) is 75.8 Å². The van der Waals surface area contributed by atoms with Crippen molar-refractivity contribution in [1.29, 1.82) is 0 Å². The lowest BCUT2D eigenvalue weighted by atomic mass is 10.2. The van der Waals surface area contributed by atoms with Gasteiger partial charge in [-0.15, -0.1) is 0 Å². The quantitative estimate of drug-likeness (QED) is 0.617. The Labute approximate surface area is 119 Å². The van der Waals surface area contributed by atoms with Crippen molar-refractivity contribution in [3.8, 4) is 0 Å². The van der Waals surface area contributed by atoms with E-state index in [9.17, 15) is 0 Å². The van der Waals surface area contributed by atoms with Gasteiger partial charge in [-0.3, -0.25) is 0 Å². The first-order chi connectivity index (χ1) is 9.81. The molecule has 0 bridgehead atoms.